The molecule has 108 valence electrons. The third-order valence-electron chi connectivity index (χ3n) is 3.23. The molecule has 0 aromatic heterocycles. The van der Waals surface area contributed by atoms with E-state index in [-0.39, 0.29) is 0 Å². The van der Waals surface area contributed by atoms with Crippen LogP contribution >= 0.6 is 11.6 Å². The van der Waals surface area contributed by atoms with E-state index in [0.717, 1.165) is 24.7 Å². The number of likely N-dealkylation sites (N-methyl/N-ethyl adjacent to an activating group) is 2. The average molecular weight is 284 g/mol. The molecule has 0 saturated heterocycles. The van der Waals surface area contributed by atoms with Crippen LogP contribution in [-0.2, 0) is 6.54 Å². The average Bonchev–Trinajstić information content (AvgIpc) is 2.32. The molecule has 19 heavy (non-hydrogen) atoms. The van der Waals surface area contributed by atoms with Gasteiger partial charge in [0.05, 0.1) is 0 Å². The van der Waals surface area contributed by atoms with Gasteiger partial charge in [-0.1, -0.05) is 17.7 Å². The smallest absolute Gasteiger partial charge is 0.0429 e. The van der Waals surface area contributed by atoms with Crippen LogP contribution in [0, 0.1) is 0 Å². The van der Waals surface area contributed by atoms with Crippen molar-refractivity contribution < 1.29 is 0 Å². The predicted octanol–water partition coefficient (Wildman–Crippen LogP) is 2.84. The van der Waals surface area contributed by atoms with Crippen LogP contribution < -0.4 is 10.2 Å². The first-order valence-electron chi connectivity index (χ1n) is 6.84. The number of anilines is 1. The Bertz CT molecular complexity index is 393. The quantitative estimate of drug-likeness (QED) is 0.830. The molecule has 0 aliphatic rings. The van der Waals surface area contributed by atoms with Gasteiger partial charge in [-0.3, -0.25) is 0 Å². The summed E-state index contributed by atoms with van der Waals surface area (Å²) in [5, 5.41) is 4.02. The van der Waals surface area contributed by atoms with Gasteiger partial charge in [0.2, 0.25) is 0 Å². The molecule has 0 saturated carbocycles. The summed E-state index contributed by atoms with van der Waals surface area (Å²) >= 11 is 6.17. The monoisotopic (exact) mass is 283 g/mol. The van der Waals surface area contributed by atoms with Crippen LogP contribution in [0.2, 0.25) is 5.02 Å². The highest BCUT2D eigenvalue weighted by Gasteiger charge is 2.16. The number of nitrogens with zero attached hydrogens (tertiary/aromatic N) is 2. The number of hydrogen-bond donors (Lipinski definition) is 1. The highest BCUT2D eigenvalue weighted by atomic mass is 35.5. The van der Waals surface area contributed by atoms with E-state index in [4.69, 9.17) is 11.6 Å². The summed E-state index contributed by atoms with van der Waals surface area (Å²) in [6.45, 7) is 7.31. The summed E-state index contributed by atoms with van der Waals surface area (Å²) in [4.78, 5) is 4.63. The van der Waals surface area contributed by atoms with E-state index in [1.165, 1.54) is 11.3 Å². The second kappa shape index (κ2) is 7.73. The van der Waals surface area contributed by atoms with Crippen molar-refractivity contribution >= 4 is 17.3 Å². The first-order valence-corrected chi connectivity index (χ1v) is 7.21. The molecule has 1 unspecified atom stereocenters. The first kappa shape index (κ1) is 16.3. The van der Waals surface area contributed by atoms with Crippen LogP contribution in [0.15, 0.2) is 18.2 Å². The molecule has 0 aliphatic carbocycles. The molecule has 0 amide bonds. The van der Waals surface area contributed by atoms with Crippen molar-refractivity contribution in [3.8, 4) is 0 Å². The third kappa shape index (κ3) is 4.68. The molecule has 1 rings (SSSR count). The minimum Gasteiger partial charge on any atom is -0.368 e. The fourth-order valence-electron chi connectivity index (χ4n) is 2.49. The molecule has 0 aliphatic heterocycles. The molecule has 4 heteroatoms. The van der Waals surface area contributed by atoms with Crippen LogP contribution in [0.25, 0.3) is 0 Å². The highest BCUT2D eigenvalue weighted by Crippen LogP contribution is 2.26. The first-order chi connectivity index (χ1) is 8.99. The molecule has 3 nitrogen and oxygen atoms in total. The van der Waals surface area contributed by atoms with Crippen molar-refractivity contribution in [1.82, 2.24) is 10.2 Å². The van der Waals surface area contributed by atoms with Gasteiger partial charge in [0, 0.05) is 36.4 Å². The van der Waals surface area contributed by atoms with Crippen LogP contribution in [0.3, 0.4) is 0 Å². The van der Waals surface area contributed by atoms with Crippen molar-refractivity contribution in [1.29, 1.82) is 0 Å². The zero-order valence-corrected chi connectivity index (χ0v) is 13.5. The number of rotatable bonds is 7. The minimum absolute atomic E-state index is 0.453. The van der Waals surface area contributed by atoms with E-state index in [0.29, 0.717) is 6.04 Å². The minimum atomic E-state index is 0.453. The van der Waals surface area contributed by atoms with Crippen LogP contribution in [-0.4, -0.2) is 45.2 Å². The summed E-state index contributed by atoms with van der Waals surface area (Å²) in [5.41, 5.74) is 2.53. The molecule has 0 fully saturated rings. The van der Waals surface area contributed by atoms with Gasteiger partial charge in [0.1, 0.15) is 0 Å². The molecule has 1 N–H and O–H groups in total. The van der Waals surface area contributed by atoms with Gasteiger partial charge >= 0.3 is 0 Å². The van der Waals surface area contributed by atoms with E-state index in [9.17, 15) is 0 Å². The maximum atomic E-state index is 6.17. The van der Waals surface area contributed by atoms with Gasteiger partial charge in [0.25, 0.3) is 0 Å². The molecule has 1 aromatic carbocycles. The van der Waals surface area contributed by atoms with Crippen molar-refractivity contribution in [2.75, 3.05) is 39.1 Å². The SMILES string of the molecule is CCN(c1cc(Cl)ccc1CNC)C(C)CN(C)C. The fraction of sp³-hybridized carbons (Fsp3) is 0.600. The Kier molecular flexibility index (Phi) is 6.63. The van der Waals surface area contributed by atoms with E-state index in [2.05, 4.69) is 55.2 Å². The Morgan fingerprint density at radius 3 is 2.53 bits per heavy atom. The number of benzene rings is 1. The van der Waals surface area contributed by atoms with Crippen molar-refractivity contribution in [2.45, 2.75) is 26.4 Å². The summed E-state index contributed by atoms with van der Waals surface area (Å²) < 4.78 is 0. The van der Waals surface area contributed by atoms with E-state index in [1.54, 1.807) is 0 Å². The van der Waals surface area contributed by atoms with Crippen molar-refractivity contribution in [2.24, 2.45) is 0 Å². The van der Waals surface area contributed by atoms with Gasteiger partial charge in [-0.2, -0.15) is 0 Å². The molecular formula is C15H26ClN3. The highest BCUT2D eigenvalue weighted by molar-refractivity contribution is 6.30. The Labute approximate surface area is 122 Å². The van der Waals surface area contributed by atoms with Gasteiger partial charge in [-0.25, -0.2) is 0 Å². The van der Waals surface area contributed by atoms with Crippen molar-refractivity contribution in [3.63, 3.8) is 0 Å². The Balaban J connectivity index is 3.04. The molecule has 0 bridgehead atoms. The summed E-state index contributed by atoms with van der Waals surface area (Å²) in [6.07, 6.45) is 0. The van der Waals surface area contributed by atoms with Gasteiger partial charge < -0.3 is 15.1 Å². The lowest BCUT2D eigenvalue weighted by atomic mass is 10.1. The van der Waals surface area contributed by atoms with E-state index < -0.39 is 0 Å². The number of halogens is 1. The predicted molar refractivity (Wildman–Crippen MR) is 85.3 cm³/mol. The van der Waals surface area contributed by atoms with Crippen LogP contribution in [0.5, 0.6) is 0 Å². The van der Waals surface area contributed by atoms with Crippen molar-refractivity contribution in [3.05, 3.63) is 28.8 Å². The van der Waals surface area contributed by atoms with E-state index >= 15 is 0 Å². The summed E-state index contributed by atoms with van der Waals surface area (Å²) in [6, 6.07) is 6.60. The second-order valence-corrected chi connectivity index (χ2v) is 5.64. The topological polar surface area (TPSA) is 18.5 Å². The van der Waals surface area contributed by atoms with Gasteiger partial charge in [0.15, 0.2) is 0 Å². The standard InChI is InChI=1S/C15H26ClN3/c1-6-19(12(2)11-18(4)5)15-9-14(16)8-7-13(15)10-17-3/h7-9,12,17H,6,10-11H2,1-5H3. The summed E-state index contributed by atoms with van der Waals surface area (Å²) in [7, 11) is 6.19. The lowest BCUT2D eigenvalue weighted by Gasteiger charge is -2.33. The van der Waals surface area contributed by atoms with Crippen LogP contribution in [0.4, 0.5) is 5.69 Å². The molecule has 1 aromatic rings. The zero-order valence-electron chi connectivity index (χ0n) is 12.7. The maximum absolute atomic E-state index is 6.17. The van der Waals surface area contributed by atoms with Gasteiger partial charge in [-0.15, -0.1) is 0 Å². The molecule has 0 heterocycles. The molecule has 1 atom stereocenters. The number of hydrogen-bond acceptors (Lipinski definition) is 3. The largest absolute Gasteiger partial charge is 0.368 e. The van der Waals surface area contributed by atoms with E-state index in [1.807, 2.05) is 13.1 Å². The lowest BCUT2D eigenvalue weighted by Crippen LogP contribution is -2.40. The third-order valence-corrected chi connectivity index (χ3v) is 3.46. The number of nitrogens with one attached hydrogen (secondary N) is 1. The van der Waals surface area contributed by atoms with Gasteiger partial charge in [-0.05, 0) is 52.7 Å². The molecular weight excluding hydrogens is 258 g/mol. The second-order valence-electron chi connectivity index (χ2n) is 5.20. The Morgan fingerprint density at radius 1 is 1.32 bits per heavy atom. The zero-order chi connectivity index (χ0) is 14.4. The lowest BCUT2D eigenvalue weighted by molar-refractivity contribution is 0.372. The normalized spacial score (nSPS) is 12.8. The fourth-order valence-corrected chi connectivity index (χ4v) is 2.66. The molecule has 0 spiro atoms. The summed E-state index contributed by atoms with van der Waals surface area (Å²) in [5.74, 6) is 0. The maximum Gasteiger partial charge on any atom is 0.0429 e. The Hall–Kier alpha value is -0.770. The molecule has 0 radical (unpaired) electrons. The van der Waals surface area contributed by atoms with Crippen LogP contribution in [0.1, 0.15) is 19.4 Å². The Morgan fingerprint density at radius 2 is 2.00 bits per heavy atom.